The quantitative estimate of drug-likeness (QED) is 0.288. The summed E-state index contributed by atoms with van der Waals surface area (Å²) in [5.41, 5.74) is 1.32. The van der Waals surface area contributed by atoms with Crippen molar-refractivity contribution in [2.24, 2.45) is 0 Å². The van der Waals surface area contributed by atoms with Crippen LogP contribution in [0.1, 0.15) is 5.56 Å². The standard InChI is InChI=1S/C16H12F5INO.Y/c1-10-13(22)6-7-14(23(10)8-15(17)18)11-2-4-12(5-3-11)24-9-16(19,20)21;/h2-6,15H,1,8-9H2;/q-1;. The topological polar surface area (TPSA) is 12.5 Å². The molecule has 1 aliphatic rings. The van der Waals surface area contributed by atoms with Gasteiger partial charge in [0.05, 0.1) is 6.54 Å². The first-order valence-electron chi connectivity index (χ1n) is 6.71. The molecule has 0 saturated carbocycles. The van der Waals surface area contributed by atoms with E-state index in [-0.39, 0.29) is 38.5 Å². The molecule has 1 aliphatic heterocycles. The third-order valence-corrected chi connectivity index (χ3v) is 3.99. The first kappa shape index (κ1) is 22.6. The van der Waals surface area contributed by atoms with Gasteiger partial charge in [0.25, 0.3) is 6.43 Å². The Hall–Kier alpha value is -0.476. The Morgan fingerprint density at radius 3 is 2.32 bits per heavy atom. The minimum Gasteiger partial charge on any atom is -0.484 e. The molecular formula is C16H12F5INOY-. The summed E-state index contributed by atoms with van der Waals surface area (Å²) in [7, 11) is 0. The zero-order valence-corrected chi connectivity index (χ0v) is 17.8. The minimum atomic E-state index is -4.42. The molecule has 2 nitrogen and oxygen atoms in total. The normalized spacial score (nSPS) is 14.8. The van der Waals surface area contributed by atoms with Crippen LogP contribution in [-0.2, 0) is 32.7 Å². The van der Waals surface area contributed by atoms with E-state index < -0.39 is 25.8 Å². The van der Waals surface area contributed by atoms with Gasteiger partial charge in [0.2, 0.25) is 0 Å². The summed E-state index contributed by atoms with van der Waals surface area (Å²) in [6, 6.07) is 5.68. The van der Waals surface area contributed by atoms with Crippen molar-refractivity contribution >= 4 is 28.3 Å². The van der Waals surface area contributed by atoms with Crippen LogP contribution in [0.3, 0.4) is 0 Å². The first-order chi connectivity index (χ1) is 11.2. The molecule has 1 aromatic rings. The molecule has 9 heteroatoms. The van der Waals surface area contributed by atoms with Crippen LogP contribution in [0.5, 0.6) is 5.75 Å². The average Bonchev–Trinajstić information content (AvgIpc) is 2.50. The number of nitrogens with zero attached hydrogens (tertiary/aromatic N) is 1. The summed E-state index contributed by atoms with van der Waals surface area (Å²) in [6.45, 7) is 1.85. The maximum Gasteiger partial charge on any atom is 0.422 e. The molecule has 1 radical (unpaired) electrons. The number of alkyl halides is 5. The summed E-state index contributed by atoms with van der Waals surface area (Å²) >= 11 is 1.97. The van der Waals surface area contributed by atoms with Crippen molar-refractivity contribution in [2.75, 3.05) is 13.2 Å². The van der Waals surface area contributed by atoms with E-state index >= 15 is 0 Å². The minimum absolute atomic E-state index is 0. The van der Waals surface area contributed by atoms with E-state index in [1.165, 1.54) is 29.2 Å². The largest absolute Gasteiger partial charge is 0.484 e. The Morgan fingerprint density at radius 1 is 1.20 bits per heavy atom. The van der Waals surface area contributed by atoms with Crippen molar-refractivity contribution in [2.45, 2.75) is 12.6 Å². The smallest absolute Gasteiger partial charge is 0.422 e. The maximum atomic E-state index is 12.8. The average molecular weight is 545 g/mol. The molecule has 1 aromatic carbocycles. The van der Waals surface area contributed by atoms with E-state index in [0.29, 0.717) is 20.5 Å². The van der Waals surface area contributed by atoms with Crippen LogP contribution in [0.25, 0.3) is 5.70 Å². The van der Waals surface area contributed by atoms with Crippen LogP contribution in [0.15, 0.2) is 46.2 Å². The molecule has 0 aliphatic carbocycles. The number of halogens is 6. The van der Waals surface area contributed by atoms with Gasteiger partial charge in [-0.05, 0) is 17.8 Å². The van der Waals surface area contributed by atoms with E-state index in [1.807, 2.05) is 22.6 Å². The number of ether oxygens (including phenoxy) is 1. The SMILES string of the molecule is C=C1C(I)=C[C-]=C(c2ccc(OCC(F)(F)F)cc2)N1CC(F)F.[Y]. The fraction of sp³-hybridized carbons (Fsp3) is 0.250. The van der Waals surface area contributed by atoms with E-state index in [2.05, 4.69) is 17.4 Å². The van der Waals surface area contributed by atoms with Gasteiger partial charge < -0.3 is 9.64 Å². The number of allylic oxidation sites excluding steroid dienone is 3. The van der Waals surface area contributed by atoms with Crippen LogP contribution in [-0.4, -0.2) is 30.7 Å². The predicted octanol–water partition coefficient (Wildman–Crippen LogP) is 5.18. The summed E-state index contributed by atoms with van der Waals surface area (Å²) < 4.78 is 67.3. The summed E-state index contributed by atoms with van der Waals surface area (Å²) in [6.07, 6.45) is -2.47. The molecule has 0 saturated heterocycles. The van der Waals surface area contributed by atoms with E-state index in [0.717, 1.165) is 0 Å². The van der Waals surface area contributed by atoms with Gasteiger partial charge in [-0.15, -0.1) is 34.7 Å². The van der Waals surface area contributed by atoms with Crippen molar-refractivity contribution < 1.29 is 59.4 Å². The van der Waals surface area contributed by atoms with E-state index in [4.69, 9.17) is 0 Å². The third kappa shape index (κ3) is 6.64. The molecule has 1 heterocycles. The molecular weight excluding hydrogens is 533 g/mol. The molecule has 133 valence electrons. The van der Waals surface area contributed by atoms with Crippen LogP contribution in [0.2, 0.25) is 0 Å². The molecule has 0 N–H and O–H groups in total. The summed E-state index contributed by atoms with van der Waals surface area (Å²) in [4.78, 5) is 1.33. The first-order valence-corrected chi connectivity index (χ1v) is 7.79. The van der Waals surface area contributed by atoms with Crippen LogP contribution in [0, 0.1) is 6.08 Å². The molecule has 25 heavy (non-hydrogen) atoms. The van der Waals surface area contributed by atoms with E-state index in [1.54, 1.807) is 6.08 Å². The van der Waals surface area contributed by atoms with Crippen molar-refractivity contribution in [1.29, 1.82) is 0 Å². The second-order valence-electron chi connectivity index (χ2n) is 4.86. The Labute approximate surface area is 180 Å². The van der Waals surface area contributed by atoms with Gasteiger partial charge in [-0.2, -0.15) is 25.3 Å². The van der Waals surface area contributed by atoms with Gasteiger partial charge >= 0.3 is 6.18 Å². The Balaban J connectivity index is 0.00000312. The Bertz CT molecular complexity index is 670. The van der Waals surface area contributed by atoms with Crippen molar-refractivity contribution in [3.8, 4) is 5.75 Å². The van der Waals surface area contributed by atoms with Gasteiger partial charge in [-0.1, -0.05) is 21.4 Å². The van der Waals surface area contributed by atoms with Crippen LogP contribution < -0.4 is 4.74 Å². The molecule has 0 fully saturated rings. The van der Waals surface area contributed by atoms with Gasteiger partial charge in [0.1, 0.15) is 5.75 Å². The Morgan fingerprint density at radius 2 is 1.80 bits per heavy atom. The summed E-state index contributed by atoms with van der Waals surface area (Å²) in [5.74, 6) is 0.0387. The third-order valence-electron chi connectivity index (χ3n) is 3.06. The van der Waals surface area contributed by atoms with E-state index in [9.17, 15) is 22.0 Å². The molecule has 0 amide bonds. The second-order valence-corrected chi connectivity index (χ2v) is 6.02. The number of benzene rings is 1. The van der Waals surface area contributed by atoms with Crippen molar-refractivity contribution in [3.05, 3.63) is 57.8 Å². The van der Waals surface area contributed by atoms with Gasteiger partial charge in [0.15, 0.2) is 6.61 Å². The zero-order chi connectivity index (χ0) is 17.9. The Kier molecular flexibility index (Phi) is 8.54. The van der Waals surface area contributed by atoms with Crippen molar-refractivity contribution in [3.63, 3.8) is 0 Å². The summed E-state index contributed by atoms with van der Waals surface area (Å²) in [5, 5.41) is 0. The molecule has 0 unspecified atom stereocenters. The fourth-order valence-corrected chi connectivity index (χ4v) is 2.46. The maximum absolute atomic E-state index is 12.8. The molecule has 0 bridgehead atoms. The predicted molar refractivity (Wildman–Crippen MR) is 88.6 cm³/mol. The van der Waals surface area contributed by atoms with Crippen LogP contribution >= 0.6 is 22.6 Å². The van der Waals surface area contributed by atoms with Crippen LogP contribution in [0.4, 0.5) is 22.0 Å². The zero-order valence-electron chi connectivity index (χ0n) is 12.8. The second kappa shape index (κ2) is 9.46. The number of rotatable bonds is 5. The number of hydrogen-bond acceptors (Lipinski definition) is 2. The van der Waals surface area contributed by atoms with Gasteiger partial charge in [0, 0.05) is 32.7 Å². The molecule has 0 atom stereocenters. The van der Waals surface area contributed by atoms with Crippen molar-refractivity contribution in [1.82, 2.24) is 4.90 Å². The molecule has 2 rings (SSSR count). The van der Waals surface area contributed by atoms with Gasteiger partial charge in [-0.25, -0.2) is 8.78 Å². The fourth-order valence-electron chi connectivity index (χ4n) is 2.01. The molecule has 0 spiro atoms. The monoisotopic (exact) mass is 545 g/mol. The number of hydrogen-bond donors (Lipinski definition) is 0. The van der Waals surface area contributed by atoms with Gasteiger partial charge in [-0.3, -0.25) is 0 Å². The molecule has 0 aromatic heterocycles.